The molecule has 0 saturated heterocycles. The molecule has 3 atom stereocenters. The summed E-state index contributed by atoms with van der Waals surface area (Å²) in [6.07, 6.45) is -0.941. The molecule has 0 aromatic carbocycles. The molecular weight excluding hydrogens is 339 g/mol. The third-order valence-electron chi connectivity index (χ3n) is 3.82. The van der Waals surface area contributed by atoms with Crippen molar-refractivity contribution in [2.45, 2.75) is 19.1 Å². The molecule has 0 aromatic rings. The number of hydrogen-bond donors (Lipinski definition) is 2. The monoisotopic (exact) mass is 374 g/mol. The molecule has 0 aliphatic heterocycles. The summed E-state index contributed by atoms with van der Waals surface area (Å²) in [7, 11) is 8.33. The van der Waals surface area contributed by atoms with Crippen LogP contribution in [0.1, 0.15) is 6.92 Å². The second-order valence-corrected chi connectivity index (χ2v) is 8.56. The van der Waals surface area contributed by atoms with Crippen LogP contribution >= 0.6 is 23.2 Å². The summed E-state index contributed by atoms with van der Waals surface area (Å²) in [6, 6.07) is 0. The van der Waals surface area contributed by atoms with Crippen LogP contribution in [0.3, 0.4) is 0 Å². The summed E-state index contributed by atoms with van der Waals surface area (Å²) in [6.45, 7) is 6.54. The van der Waals surface area contributed by atoms with Gasteiger partial charge >= 0.3 is 0 Å². The highest BCUT2D eigenvalue weighted by Crippen LogP contribution is 2.09. The first-order valence-corrected chi connectivity index (χ1v) is 9.28. The highest BCUT2D eigenvalue weighted by molar-refractivity contribution is 6.18. The van der Waals surface area contributed by atoms with Gasteiger partial charge in [-0.25, -0.2) is 0 Å². The van der Waals surface area contributed by atoms with Gasteiger partial charge in [-0.3, -0.25) is 0 Å². The molecule has 5 nitrogen and oxygen atoms in total. The molecule has 23 heavy (non-hydrogen) atoms. The molecule has 0 aliphatic carbocycles. The number of hydrogen-bond acceptors (Lipinski definition) is 3. The second kappa shape index (κ2) is 11.1. The average Bonchev–Trinajstić information content (AvgIpc) is 2.41. The number of ether oxygens (including phenoxy) is 1. The maximum Gasteiger partial charge on any atom is 0.116 e. The van der Waals surface area contributed by atoms with Gasteiger partial charge in [0.1, 0.15) is 31.8 Å². The quantitative estimate of drug-likeness (QED) is 0.287. The zero-order chi connectivity index (χ0) is 18.1. The van der Waals surface area contributed by atoms with Crippen LogP contribution in [-0.4, -0.2) is 111 Å². The number of halogens is 2. The maximum atomic E-state index is 9.69. The lowest BCUT2D eigenvalue weighted by molar-refractivity contribution is -0.896. The third-order valence-corrected chi connectivity index (χ3v) is 4.53. The van der Waals surface area contributed by atoms with Gasteiger partial charge in [-0.1, -0.05) is 6.92 Å². The number of quaternary nitrogens is 2. The van der Waals surface area contributed by atoms with Crippen molar-refractivity contribution in [1.82, 2.24) is 0 Å². The number of rotatable bonds is 13. The van der Waals surface area contributed by atoms with Gasteiger partial charge in [0.05, 0.1) is 59.7 Å². The van der Waals surface area contributed by atoms with Crippen LogP contribution in [0.4, 0.5) is 0 Å². The van der Waals surface area contributed by atoms with E-state index in [1.165, 1.54) is 0 Å². The van der Waals surface area contributed by atoms with Gasteiger partial charge in [-0.2, -0.15) is 0 Å². The minimum atomic E-state index is -0.475. The van der Waals surface area contributed by atoms with Gasteiger partial charge in [-0.05, 0) is 0 Å². The van der Waals surface area contributed by atoms with Crippen LogP contribution in [0.15, 0.2) is 0 Å². The predicted octanol–water partition coefficient (Wildman–Crippen LogP) is 0.991. The highest BCUT2D eigenvalue weighted by Gasteiger charge is 2.24. The standard InChI is InChI=1S/C16H36Cl2N2O3/c1-14(10-20(4,5)12-16(22)9-18)13-23-7-6-19(2,3)11-15(21)8-17/h14-16,21-22H,6-13H2,1-5H3/q+2. The van der Waals surface area contributed by atoms with E-state index in [0.29, 0.717) is 36.7 Å². The first kappa shape index (κ1) is 23.4. The van der Waals surface area contributed by atoms with Crippen molar-refractivity contribution in [3.63, 3.8) is 0 Å². The summed E-state index contributed by atoms with van der Waals surface area (Å²) in [5, 5.41) is 19.3. The zero-order valence-electron chi connectivity index (χ0n) is 15.3. The number of aliphatic hydroxyl groups is 2. The van der Waals surface area contributed by atoms with Gasteiger partial charge in [0.2, 0.25) is 0 Å². The van der Waals surface area contributed by atoms with Crippen molar-refractivity contribution < 1.29 is 23.9 Å². The smallest absolute Gasteiger partial charge is 0.116 e. The van der Waals surface area contributed by atoms with Gasteiger partial charge < -0.3 is 23.9 Å². The fourth-order valence-electron chi connectivity index (χ4n) is 2.90. The number of alkyl halides is 2. The molecule has 140 valence electrons. The van der Waals surface area contributed by atoms with E-state index < -0.39 is 12.2 Å². The Morgan fingerprint density at radius 3 is 1.83 bits per heavy atom. The Morgan fingerprint density at radius 1 is 0.870 bits per heavy atom. The summed E-state index contributed by atoms with van der Waals surface area (Å²) in [5.41, 5.74) is 0. The van der Waals surface area contributed by atoms with E-state index in [2.05, 4.69) is 35.1 Å². The summed E-state index contributed by atoms with van der Waals surface area (Å²) >= 11 is 11.3. The third kappa shape index (κ3) is 12.4. The summed E-state index contributed by atoms with van der Waals surface area (Å²) < 4.78 is 7.21. The molecule has 0 spiro atoms. The van der Waals surface area contributed by atoms with Gasteiger partial charge in [-0.15, -0.1) is 23.2 Å². The minimum Gasteiger partial charge on any atom is -0.386 e. The first-order chi connectivity index (χ1) is 10.5. The zero-order valence-corrected chi connectivity index (χ0v) is 16.9. The second-order valence-electron chi connectivity index (χ2n) is 7.94. The fourth-order valence-corrected chi connectivity index (χ4v) is 3.09. The predicted molar refractivity (Wildman–Crippen MR) is 97.1 cm³/mol. The molecule has 0 fully saturated rings. The highest BCUT2D eigenvalue weighted by atomic mass is 35.5. The molecule has 2 N–H and O–H groups in total. The molecule has 0 aliphatic rings. The SMILES string of the molecule is CC(COCC[N+](C)(C)CC(O)CCl)C[N+](C)(C)CC(O)CCl. The molecule has 0 aromatic heterocycles. The van der Waals surface area contributed by atoms with Crippen LogP contribution in [0.5, 0.6) is 0 Å². The Labute approximate surface area is 151 Å². The van der Waals surface area contributed by atoms with Crippen molar-refractivity contribution in [2.24, 2.45) is 5.92 Å². The van der Waals surface area contributed by atoms with Crippen molar-refractivity contribution >= 4 is 23.2 Å². The Balaban J connectivity index is 4.00. The fraction of sp³-hybridized carbons (Fsp3) is 1.00. The Bertz CT molecular complexity index is 318. The Hall–Kier alpha value is 0.380. The summed E-state index contributed by atoms with van der Waals surface area (Å²) in [4.78, 5) is 0. The average molecular weight is 375 g/mol. The number of aliphatic hydroxyl groups excluding tert-OH is 2. The van der Waals surface area contributed by atoms with E-state index in [4.69, 9.17) is 27.9 Å². The molecule has 0 heterocycles. The van der Waals surface area contributed by atoms with Gasteiger partial charge in [0.25, 0.3) is 0 Å². The lowest BCUT2D eigenvalue weighted by Gasteiger charge is -2.34. The topological polar surface area (TPSA) is 49.7 Å². The first-order valence-electron chi connectivity index (χ1n) is 8.21. The van der Waals surface area contributed by atoms with Crippen LogP contribution in [-0.2, 0) is 4.74 Å². The number of likely N-dealkylation sites (N-methyl/N-ethyl adjacent to an activating group) is 2. The van der Waals surface area contributed by atoms with Crippen LogP contribution in [0, 0.1) is 5.92 Å². The van der Waals surface area contributed by atoms with E-state index in [-0.39, 0.29) is 11.8 Å². The Morgan fingerprint density at radius 2 is 1.35 bits per heavy atom. The van der Waals surface area contributed by atoms with E-state index in [0.717, 1.165) is 17.6 Å². The molecular formula is C16H36Cl2N2O3+2. The van der Waals surface area contributed by atoms with Crippen LogP contribution in [0.2, 0.25) is 0 Å². The lowest BCUT2D eigenvalue weighted by atomic mass is 10.1. The lowest BCUT2D eigenvalue weighted by Crippen LogP contribution is -2.49. The molecule has 3 unspecified atom stereocenters. The van der Waals surface area contributed by atoms with Crippen molar-refractivity contribution in [3.05, 3.63) is 0 Å². The van der Waals surface area contributed by atoms with E-state index in [1.807, 2.05) is 0 Å². The number of nitrogens with zero attached hydrogens (tertiary/aromatic N) is 2. The van der Waals surface area contributed by atoms with Crippen molar-refractivity contribution in [1.29, 1.82) is 0 Å². The molecule has 0 bridgehead atoms. The van der Waals surface area contributed by atoms with Crippen molar-refractivity contribution in [2.75, 3.05) is 79.3 Å². The van der Waals surface area contributed by atoms with Crippen LogP contribution in [0.25, 0.3) is 0 Å². The van der Waals surface area contributed by atoms with E-state index in [9.17, 15) is 10.2 Å². The minimum absolute atomic E-state index is 0.265. The van der Waals surface area contributed by atoms with E-state index in [1.54, 1.807) is 0 Å². The molecule has 0 radical (unpaired) electrons. The maximum absolute atomic E-state index is 9.69. The molecule has 7 heteroatoms. The Kier molecular flexibility index (Phi) is 11.3. The summed E-state index contributed by atoms with van der Waals surface area (Å²) in [5.74, 6) is 0.936. The largest absolute Gasteiger partial charge is 0.386 e. The molecule has 0 amide bonds. The van der Waals surface area contributed by atoms with Gasteiger partial charge in [0, 0.05) is 5.92 Å². The van der Waals surface area contributed by atoms with Gasteiger partial charge in [0.15, 0.2) is 0 Å². The normalized spacial score (nSPS) is 17.1. The molecule has 0 saturated carbocycles. The van der Waals surface area contributed by atoms with Crippen molar-refractivity contribution in [3.8, 4) is 0 Å². The molecule has 0 rings (SSSR count). The van der Waals surface area contributed by atoms with Crippen LogP contribution < -0.4 is 0 Å². The van der Waals surface area contributed by atoms with E-state index >= 15 is 0 Å².